The molecule has 1 spiro atoms. The Morgan fingerprint density at radius 1 is 1.19 bits per heavy atom. The summed E-state index contributed by atoms with van der Waals surface area (Å²) >= 11 is 0. The molecule has 0 radical (unpaired) electrons. The van der Waals surface area contributed by atoms with Gasteiger partial charge in [-0.3, -0.25) is 9.59 Å². The standard InChI is InChI=1S/C27H34N2O6Si/c1-17-25(36(3,4)33)23(11-13-30)35-27(17)21-15-20(34-2)8-9-22(21)29(26(27)32)16-18-6-5-7-19(14-18)28-12-10-24(28)31/h5-9,14-15,17,23,25,30,33H,10-13,16H2,1-4H3/t17-,23+,25-,27+/m0/s1. The predicted octanol–water partition coefficient (Wildman–Crippen LogP) is 3.16. The Balaban J connectivity index is 1.57. The highest BCUT2D eigenvalue weighted by atomic mass is 28.4. The quantitative estimate of drug-likeness (QED) is 0.439. The van der Waals surface area contributed by atoms with Gasteiger partial charge in [0.2, 0.25) is 5.91 Å². The molecule has 2 amide bonds. The van der Waals surface area contributed by atoms with Crippen LogP contribution in [-0.4, -0.2) is 56.4 Å². The molecule has 0 unspecified atom stereocenters. The third-order valence-electron chi connectivity index (χ3n) is 8.02. The van der Waals surface area contributed by atoms with Crippen molar-refractivity contribution < 1.29 is 29.0 Å². The molecule has 0 aromatic heterocycles. The second kappa shape index (κ2) is 8.99. The molecule has 2 aromatic rings. The molecule has 36 heavy (non-hydrogen) atoms. The molecule has 2 aromatic carbocycles. The summed E-state index contributed by atoms with van der Waals surface area (Å²) in [6, 6.07) is 13.3. The number of hydrogen-bond acceptors (Lipinski definition) is 6. The number of ether oxygens (including phenoxy) is 2. The molecule has 2 fully saturated rings. The number of rotatable bonds is 7. The minimum absolute atomic E-state index is 0.0840. The fourth-order valence-electron chi connectivity index (χ4n) is 6.33. The van der Waals surface area contributed by atoms with Crippen molar-refractivity contribution in [2.45, 2.75) is 56.7 Å². The molecule has 3 aliphatic heterocycles. The number of amides is 2. The van der Waals surface area contributed by atoms with Gasteiger partial charge in [-0.2, -0.15) is 0 Å². The second-order valence-electron chi connectivity index (χ2n) is 10.6. The van der Waals surface area contributed by atoms with Crippen LogP contribution in [0.5, 0.6) is 5.75 Å². The van der Waals surface area contributed by atoms with Crippen molar-refractivity contribution in [1.29, 1.82) is 0 Å². The van der Waals surface area contributed by atoms with E-state index in [4.69, 9.17) is 9.47 Å². The number of fused-ring (bicyclic) bond motifs is 2. The van der Waals surface area contributed by atoms with Gasteiger partial charge in [-0.1, -0.05) is 19.1 Å². The first-order valence-electron chi connectivity index (χ1n) is 12.5. The van der Waals surface area contributed by atoms with Crippen molar-refractivity contribution >= 4 is 31.5 Å². The Kier molecular flexibility index (Phi) is 6.23. The SMILES string of the molecule is COc1ccc2c(c1)[C@@]1(O[C@H](CCO)[C@@H]([Si](C)(C)O)[C@@H]1C)C(=O)N2Cc1cccc(N2CCC2=O)c1. The number of aliphatic hydroxyl groups is 1. The summed E-state index contributed by atoms with van der Waals surface area (Å²) in [4.78, 5) is 41.0. The average molecular weight is 511 g/mol. The first-order valence-corrected chi connectivity index (χ1v) is 15.5. The lowest BCUT2D eigenvalue weighted by atomic mass is 9.82. The van der Waals surface area contributed by atoms with Crippen molar-refractivity contribution in [2.24, 2.45) is 5.92 Å². The number of β-lactam (4-membered cyclic amide) rings is 1. The number of nitrogens with zero attached hydrogens (tertiary/aromatic N) is 2. The minimum atomic E-state index is -2.75. The van der Waals surface area contributed by atoms with Crippen molar-refractivity contribution in [3.63, 3.8) is 0 Å². The van der Waals surface area contributed by atoms with Crippen LogP contribution in [0.4, 0.5) is 11.4 Å². The van der Waals surface area contributed by atoms with E-state index in [-0.39, 0.29) is 29.9 Å². The molecule has 8 nitrogen and oxygen atoms in total. The van der Waals surface area contributed by atoms with E-state index in [0.29, 0.717) is 31.7 Å². The molecule has 5 rings (SSSR count). The van der Waals surface area contributed by atoms with E-state index < -0.39 is 20.0 Å². The smallest absolute Gasteiger partial charge is 0.264 e. The van der Waals surface area contributed by atoms with Crippen LogP contribution in [0.3, 0.4) is 0 Å². The van der Waals surface area contributed by atoms with E-state index >= 15 is 0 Å². The molecular weight excluding hydrogens is 476 g/mol. The van der Waals surface area contributed by atoms with Gasteiger partial charge in [0.05, 0.1) is 25.4 Å². The Labute approximate surface area is 212 Å². The molecule has 0 bridgehead atoms. The highest BCUT2D eigenvalue weighted by molar-refractivity contribution is 6.71. The molecule has 2 N–H and O–H groups in total. The summed E-state index contributed by atoms with van der Waals surface area (Å²) in [7, 11) is -1.16. The van der Waals surface area contributed by atoms with Gasteiger partial charge in [0, 0.05) is 42.3 Å². The maximum atomic E-state index is 14.3. The maximum Gasteiger partial charge on any atom is 0.264 e. The average Bonchev–Trinajstić information content (AvgIpc) is 3.25. The van der Waals surface area contributed by atoms with Crippen LogP contribution in [0.1, 0.15) is 30.9 Å². The number of carbonyl (C=O) groups excluding carboxylic acids is 2. The highest BCUT2D eigenvalue weighted by Gasteiger charge is 2.66. The van der Waals surface area contributed by atoms with E-state index in [9.17, 15) is 19.5 Å². The summed E-state index contributed by atoms with van der Waals surface area (Å²) in [5, 5.41) is 9.74. The fourth-order valence-corrected chi connectivity index (χ4v) is 8.93. The summed E-state index contributed by atoms with van der Waals surface area (Å²) < 4.78 is 12.1. The molecule has 192 valence electrons. The Morgan fingerprint density at radius 3 is 2.58 bits per heavy atom. The van der Waals surface area contributed by atoms with Gasteiger partial charge >= 0.3 is 0 Å². The fraction of sp³-hybridized carbons (Fsp3) is 0.481. The Morgan fingerprint density at radius 2 is 1.97 bits per heavy atom. The third-order valence-corrected chi connectivity index (χ3v) is 10.5. The lowest BCUT2D eigenvalue weighted by Gasteiger charge is -2.32. The van der Waals surface area contributed by atoms with Crippen molar-refractivity contribution in [3.8, 4) is 5.75 Å². The number of hydrogen-bond donors (Lipinski definition) is 2. The first-order chi connectivity index (χ1) is 17.1. The number of anilines is 2. The van der Waals surface area contributed by atoms with Crippen LogP contribution >= 0.6 is 0 Å². The zero-order valence-corrected chi connectivity index (χ0v) is 22.2. The molecule has 3 heterocycles. The zero-order valence-electron chi connectivity index (χ0n) is 21.2. The number of carbonyl (C=O) groups is 2. The molecule has 0 saturated carbocycles. The number of methoxy groups -OCH3 is 1. The second-order valence-corrected chi connectivity index (χ2v) is 14.6. The van der Waals surface area contributed by atoms with Crippen LogP contribution in [-0.2, 0) is 26.5 Å². The topological polar surface area (TPSA) is 99.5 Å². The van der Waals surface area contributed by atoms with Gasteiger partial charge in [0.15, 0.2) is 13.9 Å². The van der Waals surface area contributed by atoms with Gasteiger partial charge in [0.1, 0.15) is 5.75 Å². The number of aliphatic hydroxyl groups excluding tert-OH is 1. The summed E-state index contributed by atoms with van der Waals surface area (Å²) in [5.41, 5.74) is 1.73. The Hall–Kier alpha value is -2.72. The van der Waals surface area contributed by atoms with Gasteiger partial charge in [-0.25, -0.2) is 0 Å². The van der Waals surface area contributed by atoms with Gasteiger partial charge in [-0.05, 0) is 55.4 Å². The van der Waals surface area contributed by atoms with E-state index in [1.54, 1.807) is 16.9 Å². The van der Waals surface area contributed by atoms with Crippen LogP contribution < -0.4 is 14.5 Å². The first kappa shape index (κ1) is 24.9. The molecule has 9 heteroatoms. The Bertz CT molecular complexity index is 1200. The normalized spacial score (nSPS) is 27.6. The van der Waals surface area contributed by atoms with E-state index in [1.165, 1.54) is 0 Å². The lowest BCUT2D eigenvalue weighted by Crippen LogP contribution is -2.46. The van der Waals surface area contributed by atoms with Crippen molar-refractivity contribution in [2.75, 3.05) is 30.1 Å². The predicted molar refractivity (Wildman–Crippen MR) is 138 cm³/mol. The summed E-state index contributed by atoms with van der Waals surface area (Å²) in [5.74, 6) is 0.256. The van der Waals surface area contributed by atoms with Crippen LogP contribution in [0.25, 0.3) is 0 Å². The number of benzene rings is 2. The molecule has 4 atom stereocenters. The molecule has 0 aliphatic carbocycles. The maximum absolute atomic E-state index is 14.3. The molecule has 3 aliphatic rings. The lowest BCUT2D eigenvalue weighted by molar-refractivity contribution is -0.146. The van der Waals surface area contributed by atoms with Crippen LogP contribution in [0.2, 0.25) is 18.6 Å². The van der Waals surface area contributed by atoms with Gasteiger partial charge in [0.25, 0.3) is 5.91 Å². The van der Waals surface area contributed by atoms with E-state index in [0.717, 1.165) is 22.5 Å². The zero-order chi connectivity index (χ0) is 25.8. The van der Waals surface area contributed by atoms with Crippen LogP contribution in [0, 0.1) is 5.92 Å². The van der Waals surface area contributed by atoms with Crippen molar-refractivity contribution in [1.82, 2.24) is 0 Å². The molecule has 2 saturated heterocycles. The van der Waals surface area contributed by atoms with Crippen LogP contribution in [0.15, 0.2) is 42.5 Å². The van der Waals surface area contributed by atoms with E-state index in [1.807, 2.05) is 62.5 Å². The minimum Gasteiger partial charge on any atom is -0.497 e. The molecular formula is C27H34N2O6Si. The largest absolute Gasteiger partial charge is 0.497 e. The van der Waals surface area contributed by atoms with Crippen molar-refractivity contribution in [3.05, 3.63) is 53.6 Å². The van der Waals surface area contributed by atoms with Gasteiger partial charge < -0.3 is 29.2 Å². The highest BCUT2D eigenvalue weighted by Crippen LogP contribution is 2.60. The van der Waals surface area contributed by atoms with E-state index in [2.05, 4.69) is 0 Å². The van der Waals surface area contributed by atoms with Gasteiger partial charge in [-0.15, -0.1) is 0 Å². The third kappa shape index (κ3) is 3.76. The summed E-state index contributed by atoms with van der Waals surface area (Å²) in [6.07, 6.45) is 0.481. The monoisotopic (exact) mass is 510 g/mol. The summed E-state index contributed by atoms with van der Waals surface area (Å²) in [6.45, 7) is 6.66.